The fourth-order valence-electron chi connectivity index (χ4n) is 1.27. The van der Waals surface area contributed by atoms with E-state index in [1.165, 1.54) is 17.7 Å². The Labute approximate surface area is 96.9 Å². The molecule has 2 heterocycles. The summed E-state index contributed by atoms with van der Waals surface area (Å²) in [4.78, 5) is 8.45. The highest BCUT2D eigenvalue weighted by Gasteiger charge is 2.12. The van der Waals surface area contributed by atoms with Crippen LogP contribution in [0.15, 0.2) is 11.7 Å². The van der Waals surface area contributed by atoms with Gasteiger partial charge in [0.25, 0.3) is 0 Å². The van der Waals surface area contributed by atoms with Crippen LogP contribution in [-0.2, 0) is 4.74 Å². The van der Waals surface area contributed by atoms with Gasteiger partial charge in [0.05, 0.1) is 11.7 Å². The third-order valence-electron chi connectivity index (χ3n) is 2.15. The molecule has 2 rings (SSSR count). The molecule has 1 unspecified atom stereocenters. The molecule has 0 aromatic carbocycles. The fraction of sp³-hybridized carbons (Fsp3) is 0.444. The van der Waals surface area contributed by atoms with Crippen molar-refractivity contribution in [3.63, 3.8) is 0 Å². The molecule has 0 amide bonds. The third-order valence-corrected chi connectivity index (χ3v) is 3.02. The van der Waals surface area contributed by atoms with Gasteiger partial charge in [-0.2, -0.15) is 5.10 Å². The normalized spacial score (nSPS) is 12.9. The van der Waals surface area contributed by atoms with Crippen LogP contribution in [0, 0.1) is 0 Å². The highest BCUT2D eigenvalue weighted by molar-refractivity contribution is 7.13. The molecule has 0 radical (unpaired) electrons. The second-order valence-electron chi connectivity index (χ2n) is 3.30. The summed E-state index contributed by atoms with van der Waals surface area (Å²) in [6.45, 7) is 0.635. The van der Waals surface area contributed by atoms with Crippen LogP contribution in [0.1, 0.15) is 18.2 Å². The van der Waals surface area contributed by atoms with Crippen LogP contribution in [-0.4, -0.2) is 33.9 Å². The Hall–Kier alpha value is -1.31. The van der Waals surface area contributed by atoms with Gasteiger partial charge in [-0.05, 0) is 6.42 Å². The monoisotopic (exact) mass is 239 g/mol. The molecule has 16 heavy (non-hydrogen) atoms. The van der Waals surface area contributed by atoms with Crippen LogP contribution in [0.5, 0.6) is 0 Å². The van der Waals surface area contributed by atoms with Crippen molar-refractivity contribution in [2.24, 2.45) is 5.73 Å². The summed E-state index contributed by atoms with van der Waals surface area (Å²) in [6.07, 6.45) is 2.22. The largest absolute Gasteiger partial charge is 0.385 e. The van der Waals surface area contributed by atoms with Gasteiger partial charge in [-0.1, -0.05) is 0 Å². The van der Waals surface area contributed by atoms with Crippen LogP contribution in [0.4, 0.5) is 0 Å². The number of H-pyrrole nitrogens is 1. The van der Waals surface area contributed by atoms with Gasteiger partial charge in [-0.15, -0.1) is 11.3 Å². The summed E-state index contributed by atoms with van der Waals surface area (Å²) in [5.41, 5.74) is 6.83. The summed E-state index contributed by atoms with van der Waals surface area (Å²) in [7, 11) is 1.66. The number of ether oxygens (including phenoxy) is 1. The zero-order valence-corrected chi connectivity index (χ0v) is 9.70. The van der Waals surface area contributed by atoms with Gasteiger partial charge in [0.15, 0.2) is 10.8 Å². The van der Waals surface area contributed by atoms with Crippen LogP contribution in [0.2, 0.25) is 0 Å². The standard InChI is InChI=1S/C9H13N5OS/c1-15-3-2-6(10)7-4-16-9(13-7)8-11-5-12-14-8/h4-6H,2-3,10H2,1H3,(H,11,12,14). The van der Waals surface area contributed by atoms with Gasteiger partial charge in [0.2, 0.25) is 0 Å². The SMILES string of the molecule is COCCC(N)c1csc(-c2ncn[nH]2)n1. The predicted octanol–water partition coefficient (Wildman–Crippen LogP) is 0.965. The lowest BCUT2D eigenvalue weighted by Crippen LogP contribution is -2.12. The molecule has 0 fully saturated rings. The number of aromatic nitrogens is 4. The van der Waals surface area contributed by atoms with Crippen LogP contribution >= 0.6 is 11.3 Å². The Morgan fingerprint density at radius 1 is 1.62 bits per heavy atom. The van der Waals surface area contributed by atoms with Crippen molar-refractivity contribution in [3.05, 3.63) is 17.4 Å². The van der Waals surface area contributed by atoms with E-state index >= 15 is 0 Å². The summed E-state index contributed by atoms with van der Waals surface area (Å²) in [6, 6.07) is -0.0899. The lowest BCUT2D eigenvalue weighted by Gasteiger charge is -2.06. The number of nitrogens with two attached hydrogens (primary N) is 1. The van der Waals surface area contributed by atoms with Crippen LogP contribution in [0.25, 0.3) is 10.8 Å². The average Bonchev–Trinajstić information content (AvgIpc) is 2.94. The third kappa shape index (κ3) is 2.43. The first-order chi connectivity index (χ1) is 7.81. The van der Waals surface area contributed by atoms with Crippen LogP contribution in [0.3, 0.4) is 0 Å². The van der Waals surface area contributed by atoms with E-state index in [1.807, 2.05) is 5.38 Å². The maximum absolute atomic E-state index is 5.97. The van der Waals surface area contributed by atoms with E-state index in [0.717, 1.165) is 17.1 Å². The highest BCUT2D eigenvalue weighted by Crippen LogP contribution is 2.23. The Balaban J connectivity index is 2.07. The highest BCUT2D eigenvalue weighted by atomic mass is 32.1. The van der Waals surface area contributed by atoms with Gasteiger partial charge in [0.1, 0.15) is 6.33 Å². The van der Waals surface area contributed by atoms with Crippen molar-refractivity contribution in [3.8, 4) is 10.8 Å². The zero-order chi connectivity index (χ0) is 11.4. The average molecular weight is 239 g/mol. The maximum atomic E-state index is 5.97. The number of hydrogen-bond donors (Lipinski definition) is 2. The minimum atomic E-state index is -0.0899. The molecule has 6 nitrogen and oxygen atoms in total. The molecule has 0 saturated carbocycles. The minimum Gasteiger partial charge on any atom is -0.385 e. The van der Waals surface area contributed by atoms with Gasteiger partial charge in [-0.25, -0.2) is 9.97 Å². The number of aromatic amines is 1. The molecule has 1 atom stereocenters. The number of methoxy groups -OCH3 is 1. The van der Waals surface area contributed by atoms with E-state index in [0.29, 0.717) is 12.4 Å². The Bertz CT molecular complexity index is 427. The van der Waals surface area contributed by atoms with Crippen molar-refractivity contribution in [1.82, 2.24) is 20.2 Å². The summed E-state index contributed by atoms with van der Waals surface area (Å²) in [5.74, 6) is 0.676. The van der Waals surface area contributed by atoms with E-state index in [-0.39, 0.29) is 6.04 Å². The molecular formula is C9H13N5OS. The number of hydrogen-bond acceptors (Lipinski definition) is 6. The van der Waals surface area contributed by atoms with E-state index in [2.05, 4.69) is 20.2 Å². The van der Waals surface area contributed by atoms with Gasteiger partial charge in [0, 0.05) is 19.1 Å². The summed E-state index contributed by atoms with van der Waals surface area (Å²) < 4.78 is 4.98. The summed E-state index contributed by atoms with van der Waals surface area (Å²) >= 11 is 1.50. The van der Waals surface area contributed by atoms with Crippen molar-refractivity contribution < 1.29 is 4.74 Å². The second kappa shape index (κ2) is 5.15. The number of rotatable bonds is 5. The molecule has 0 aliphatic rings. The van der Waals surface area contributed by atoms with Crippen molar-refractivity contribution in [2.45, 2.75) is 12.5 Å². The second-order valence-corrected chi connectivity index (χ2v) is 4.16. The van der Waals surface area contributed by atoms with E-state index in [1.54, 1.807) is 7.11 Å². The Morgan fingerprint density at radius 3 is 3.19 bits per heavy atom. The van der Waals surface area contributed by atoms with Crippen LogP contribution < -0.4 is 5.73 Å². The first-order valence-electron chi connectivity index (χ1n) is 4.87. The molecule has 0 aliphatic heterocycles. The summed E-state index contributed by atoms with van der Waals surface area (Å²) in [5, 5.41) is 9.30. The van der Waals surface area contributed by atoms with Crippen molar-refractivity contribution in [1.29, 1.82) is 0 Å². The first kappa shape index (κ1) is 11.2. The van der Waals surface area contributed by atoms with E-state index < -0.39 is 0 Å². The molecule has 3 N–H and O–H groups in total. The zero-order valence-electron chi connectivity index (χ0n) is 8.88. The smallest absolute Gasteiger partial charge is 0.184 e. The maximum Gasteiger partial charge on any atom is 0.184 e. The fourth-order valence-corrected chi connectivity index (χ4v) is 2.09. The lowest BCUT2D eigenvalue weighted by molar-refractivity contribution is 0.188. The van der Waals surface area contributed by atoms with Crippen molar-refractivity contribution >= 4 is 11.3 Å². The molecular weight excluding hydrogens is 226 g/mol. The van der Waals surface area contributed by atoms with Gasteiger partial charge >= 0.3 is 0 Å². The Kier molecular flexibility index (Phi) is 3.60. The van der Waals surface area contributed by atoms with Crippen molar-refractivity contribution in [2.75, 3.05) is 13.7 Å². The van der Waals surface area contributed by atoms with E-state index in [9.17, 15) is 0 Å². The number of nitrogens with one attached hydrogen (secondary N) is 1. The number of thiazole rings is 1. The quantitative estimate of drug-likeness (QED) is 0.811. The molecule has 86 valence electrons. The van der Waals surface area contributed by atoms with E-state index in [4.69, 9.17) is 10.5 Å². The molecule has 2 aromatic heterocycles. The molecule has 0 saturated heterocycles. The first-order valence-corrected chi connectivity index (χ1v) is 5.75. The topological polar surface area (TPSA) is 89.7 Å². The minimum absolute atomic E-state index is 0.0899. The predicted molar refractivity (Wildman–Crippen MR) is 60.9 cm³/mol. The molecule has 0 bridgehead atoms. The van der Waals surface area contributed by atoms with Gasteiger partial charge in [-0.3, -0.25) is 5.10 Å². The Morgan fingerprint density at radius 2 is 2.50 bits per heavy atom. The lowest BCUT2D eigenvalue weighted by atomic mass is 10.2. The number of nitrogens with zero attached hydrogens (tertiary/aromatic N) is 3. The van der Waals surface area contributed by atoms with Gasteiger partial charge < -0.3 is 10.5 Å². The molecule has 2 aromatic rings. The molecule has 0 spiro atoms. The molecule has 7 heteroatoms. The molecule has 0 aliphatic carbocycles.